The van der Waals surface area contributed by atoms with Crippen molar-refractivity contribution in [3.05, 3.63) is 142 Å². The van der Waals surface area contributed by atoms with Gasteiger partial charge in [0.1, 0.15) is 5.76 Å². The molecule has 0 N–H and O–H groups in total. The zero-order chi connectivity index (χ0) is 51.0. The molecule has 4 aromatic carbocycles. The Kier molecular flexibility index (Phi) is 11.9. The predicted molar refractivity (Wildman–Crippen MR) is 308 cm³/mol. The summed E-state index contributed by atoms with van der Waals surface area (Å²) < 4.78 is 7.87. The molecule has 2 aliphatic heterocycles. The fraction of sp³-hybridized carbons (Fsp3) is 0.493. The molecule has 2 fully saturated rings. The molecule has 3 heterocycles. The molecule has 4 heteroatoms. The van der Waals surface area contributed by atoms with Gasteiger partial charge in [0, 0.05) is 39.8 Å². The molecule has 5 aliphatic rings. The van der Waals surface area contributed by atoms with Crippen LogP contribution in [0.2, 0.25) is 5.82 Å². The summed E-state index contributed by atoms with van der Waals surface area (Å²) in [5.41, 5.74) is 19.8. The number of rotatable bonds is 10. The van der Waals surface area contributed by atoms with Crippen LogP contribution in [-0.2, 0) is 16.2 Å². The maximum Gasteiger partial charge on any atom is 0.230 e. The van der Waals surface area contributed by atoms with E-state index in [-0.39, 0.29) is 50.9 Å². The molecule has 5 atom stereocenters. The van der Waals surface area contributed by atoms with Gasteiger partial charge in [0.05, 0.1) is 5.69 Å². The van der Waals surface area contributed by atoms with Crippen LogP contribution in [0.3, 0.4) is 0 Å². The fourth-order valence-electron chi connectivity index (χ4n) is 14.7. The molecule has 5 unspecified atom stereocenters. The molecule has 2 saturated carbocycles. The summed E-state index contributed by atoms with van der Waals surface area (Å²) >= 11 is 0. The largest absolute Gasteiger partial charge is 0.444 e. The van der Waals surface area contributed by atoms with Crippen molar-refractivity contribution in [1.82, 2.24) is 0 Å². The van der Waals surface area contributed by atoms with Crippen LogP contribution in [0.1, 0.15) is 196 Å². The van der Waals surface area contributed by atoms with Crippen molar-refractivity contribution in [1.29, 1.82) is 0 Å². The zero-order valence-corrected chi connectivity index (χ0v) is 46.7. The average molecular weight is 945 g/mol. The lowest BCUT2D eigenvalue weighted by molar-refractivity contribution is 0.204. The summed E-state index contributed by atoms with van der Waals surface area (Å²) in [6.45, 7) is 44.0. The van der Waals surface area contributed by atoms with E-state index in [0.29, 0.717) is 5.92 Å². The van der Waals surface area contributed by atoms with Gasteiger partial charge in [-0.2, -0.15) is 0 Å². The van der Waals surface area contributed by atoms with E-state index >= 15 is 0 Å². The van der Waals surface area contributed by atoms with Gasteiger partial charge in [-0.25, -0.2) is 0 Å². The van der Waals surface area contributed by atoms with Crippen LogP contribution in [0.5, 0.6) is 0 Å². The lowest BCUT2D eigenvalue weighted by atomic mass is 9.26. The van der Waals surface area contributed by atoms with Gasteiger partial charge in [-0.3, -0.25) is 4.90 Å². The number of hydrogen-bond donors (Lipinski definition) is 0. The molecule has 3 nitrogen and oxygen atoms in total. The van der Waals surface area contributed by atoms with E-state index < -0.39 is 0 Å². The van der Waals surface area contributed by atoms with Gasteiger partial charge in [0.15, 0.2) is 5.88 Å². The Morgan fingerprint density at radius 3 is 1.99 bits per heavy atom. The topological polar surface area (TPSA) is 19.6 Å². The van der Waals surface area contributed by atoms with E-state index in [1.807, 2.05) is 0 Å². The lowest BCUT2D eigenvalue weighted by Gasteiger charge is -2.48. The number of allylic oxidation sites excluding steroid dienone is 3. The second-order valence-electron chi connectivity index (χ2n) is 26.9. The summed E-state index contributed by atoms with van der Waals surface area (Å²) in [6, 6.07) is 33.0. The Bertz CT molecular complexity index is 2960. The first kappa shape index (κ1) is 49.6. The van der Waals surface area contributed by atoms with Crippen LogP contribution < -0.4 is 20.7 Å². The quantitative estimate of drug-likeness (QED) is 0.130. The zero-order valence-electron chi connectivity index (χ0n) is 46.7. The second-order valence-corrected chi connectivity index (χ2v) is 26.9. The van der Waals surface area contributed by atoms with Gasteiger partial charge >= 0.3 is 0 Å². The van der Waals surface area contributed by atoms with Crippen molar-refractivity contribution in [3.63, 3.8) is 0 Å². The number of benzene rings is 4. The summed E-state index contributed by atoms with van der Waals surface area (Å²) in [5, 5.41) is 0. The standard InChI is InChI=1S/C67H85BN2O/c1-18-21-33-65(14,15)60-44(19-2)36-42(4)69(53-32-29-47(62(6,7)8)37-50(53)45-25-23-22-24-26-45)54-38-48(63(9,10)11)39-55-58(54)68(60)57-51-40-52-56(67(17)35-34-66(52,16)41-67)43(5)59(51)71-61(57)70(55)49-30-27-46(28-31-49)64(12,13)20-3/h22-32,36-40,43,56,60H,4,18-21,33-35,41H2,1-3,5-17H3/b44-36-. The highest BCUT2D eigenvalue weighted by atomic mass is 16.4. The van der Waals surface area contributed by atoms with E-state index in [2.05, 4.69) is 218 Å². The summed E-state index contributed by atoms with van der Waals surface area (Å²) in [7, 11) is 0. The monoisotopic (exact) mass is 945 g/mol. The molecule has 1 aromatic heterocycles. The van der Waals surface area contributed by atoms with Gasteiger partial charge in [-0.1, -0.05) is 196 Å². The molecule has 0 amide bonds. The Morgan fingerprint density at radius 2 is 1.37 bits per heavy atom. The van der Waals surface area contributed by atoms with E-state index in [1.54, 1.807) is 5.57 Å². The van der Waals surface area contributed by atoms with Gasteiger partial charge in [-0.05, 0) is 158 Å². The molecule has 3 aliphatic carbocycles. The van der Waals surface area contributed by atoms with Gasteiger partial charge in [-0.15, -0.1) is 0 Å². The maximum atomic E-state index is 7.87. The third kappa shape index (κ3) is 7.89. The molecule has 372 valence electrons. The molecule has 0 spiro atoms. The van der Waals surface area contributed by atoms with Crippen LogP contribution >= 0.6 is 0 Å². The highest BCUT2D eigenvalue weighted by Gasteiger charge is 2.62. The number of unbranched alkanes of at least 4 members (excludes halogenated alkanes) is 1. The highest BCUT2D eigenvalue weighted by Crippen LogP contribution is 2.71. The summed E-state index contributed by atoms with van der Waals surface area (Å²) in [6.07, 6.45) is 14.6. The van der Waals surface area contributed by atoms with E-state index in [0.717, 1.165) is 42.2 Å². The molecule has 10 rings (SSSR count). The first-order chi connectivity index (χ1) is 33.4. The van der Waals surface area contributed by atoms with E-state index in [1.165, 1.54) is 99.1 Å². The van der Waals surface area contributed by atoms with Gasteiger partial charge in [0.25, 0.3) is 0 Å². The van der Waals surface area contributed by atoms with E-state index in [4.69, 9.17) is 11.0 Å². The molecule has 2 bridgehead atoms. The average Bonchev–Trinajstić information content (AvgIpc) is 3.94. The van der Waals surface area contributed by atoms with Crippen molar-refractivity contribution >= 4 is 52.3 Å². The van der Waals surface area contributed by atoms with Crippen LogP contribution in [0.4, 0.5) is 28.6 Å². The summed E-state index contributed by atoms with van der Waals surface area (Å²) in [5.74, 6) is 3.16. The number of furan rings is 1. The van der Waals surface area contributed by atoms with Gasteiger partial charge < -0.3 is 9.32 Å². The number of anilines is 5. The first-order valence-corrected chi connectivity index (χ1v) is 27.7. The van der Waals surface area contributed by atoms with Crippen molar-refractivity contribution < 1.29 is 4.42 Å². The molecular weight excluding hydrogens is 860 g/mol. The Balaban J connectivity index is 1.37. The smallest absolute Gasteiger partial charge is 0.230 e. The highest BCUT2D eigenvalue weighted by molar-refractivity contribution is 6.91. The van der Waals surface area contributed by atoms with Gasteiger partial charge in [0.2, 0.25) is 6.71 Å². The molecule has 0 saturated heterocycles. The molecule has 71 heavy (non-hydrogen) atoms. The minimum absolute atomic E-state index is 0.0105. The minimum atomic E-state index is -0.164. The maximum absolute atomic E-state index is 7.87. The van der Waals surface area contributed by atoms with Crippen molar-refractivity contribution in [2.45, 2.75) is 190 Å². The minimum Gasteiger partial charge on any atom is -0.444 e. The fourth-order valence-corrected chi connectivity index (χ4v) is 14.7. The first-order valence-electron chi connectivity index (χ1n) is 27.7. The van der Waals surface area contributed by atoms with E-state index in [9.17, 15) is 0 Å². The number of fused-ring (bicyclic) bond motifs is 9. The predicted octanol–water partition coefficient (Wildman–Crippen LogP) is 18.5. The van der Waals surface area contributed by atoms with Crippen molar-refractivity contribution in [2.24, 2.45) is 22.2 Å². The Hall–Kier alpha value is -4.96. The Labute approximate surface area is 430 Å². The normalized spacial score (nSPS) is 24.7. The number of hydrogen-bond acceptors (Lipinski definition) is 3. The van der Waals surface area contributed by atoms with Crippen molar-refractivity contribution in [2.75, 3.05) is 9.80 Å². The van der Waals surface area contributed by atoms with Crippen LogP contribution in [-0.4, -0.2) is 6.71 Å². The molecule has 5 aromatic rings. The number of nitrogens with zero attached hydrogens (tertiary/aromatic N) is 2. The molecular formula is C67H85BN2O. The van der Waals surface area contributed by atoms with Crippen LogP contribution in [0, 0.1) is 22.2 Å². The third-order valence-corrected chi connectivity index (χ3v) is 19.1. The SMILES string of the molecule is C=C1/C=C(/CC)C(C(C)(C)CCCC)B2c3c(cc(C(C)(C)C)cc3N(c3ccc(C(C)(C)CC)cc3)c3oc4c(c32)C=C2C(C4C)C3(C)CCC2(C)C3)N1c1ccc(C(C)(C)C)cc1-c1ccccc1. The summed E-state index contributed by atoms with van der Waals surface area (Å²) in [4.78, 5) is 5.16. The Morgan fingerprint density at radius 1 is 0.718 bits per heavy atom. The third-order valence-electron chi connectivity index (χ3n) is 19.1. The van der Waals surface area contributed by atoms with Crippen LogP contribution in [0.15, 0.2) is 119 Å². The second kappa shape index (κ2) is 17.1. The van der Waals surface area contributed by atoms with Crippen molar-refractivity contribution in [3.8, 4) is 11.1 Å². The van der Waals surface area contributed by atoms with Crippen LogP contribution in [0.25, 0.3) is 17.2 Å². The lowest BCUT2D eigenvalue weighted by Crippen LogP contribution is -2.58. The molecule has 0 radical (unpaired) electrons.